The highest BCUT2D eigenvalue weighted by Crippen LogP contribution is 2.38. The zero-order chi connectivity index (χ0) is 26.1. The molecule has 1 atom stereocenters. The maximum atomic E-state index is 13.9. The number of methoxy groups -OCH3 is 1. The Morgan fingerprint density at radius 2 is 2.00 bits per heavy atom. The summed E-state index contributed by atoms with van der Waals surface area (Å²) in [4.78, 5) is 32.5. The zero-order valence-corrected chi connectivity index (χ0v) is 22.1. The Bertz CT molecular complexity index is 1590. The average Bonchev–Trinajstić information content (AvgIpc) is 3.47. The van der Waals surface area contributed by atoms with Gasteiger partial charge in [-0.3, -0.25) is 9.36 Å². The molecule has 8 nitrogen and oxygen atoms in total. The first-order chi connectivity index (χ1) is 18.0. The molecule has 1 unspecified atom stereocenters. The smallest absolute Gasteiger partial charge is 0.338 e. The lowest BCUT2D eigenvalue weighted by Gasteiger charge is -2.26. The third-order valence-corrected chi connectivity index (χ3v) is 7.41. The molecule has 0 aliphatic carbocycles. The van der Waals surface area contributed by atoms with Gasteiger partial charge in [0.15, 0.2) is 16.3 Å². The van der Waals surface area contributed by atoms with Crippen LogP contribution in [0.15, 0.2) is 57.5 Å². The molecule has 0 bridgehead atoms. The number of hydrogen-bond donors (Lipinski definition) is 0. The number of benzene rings is 2. The van der Waals surface area contributed by atoms with E-state index in [-0.39, 0.29) is 19.0 Å². The van der Waals surface area contributed by atoms with Gasteiger partial charge in [-0.15, -0.1) is 0 Å². The summed E-state index contributed by atoms with van der Waals surface area (Å²) in [5.41, 5.74) is 1.93. The van der Waals surface area contributed by atoms with Crippen LogP contribution < -0.4 is 29.1 Å². The van der Waals surface area contributed by atoms with Gasteiger partial charge in [-0.05, 0) is 37.1 Å². The van der Waals surface area contributed by atoms with Gasteiger partial charge in [0, 0.05) is 11.6 Å². The molecule has 0 spiro atoms. The van der Waals surface area contributed by atoms with E-state index < -0.39 is 12.0 Å². The first-order valence-electron chi connectivity index (χ1n) is 11.9. The van der Waals surface area contributed by atoms with Gasteiger partial charge < -0.3 is 18.9 Å². The molecule has 0 fully saturated rings. The molecule has 0 N–H and O–H groups in total. The second-order valence-electron chi connectivity index (χ2n) is 8.38. The number of nitrogens with zero attached hydrogens (tertiary/aromatic N) is 2. The molecule has 3 aromatic rings. The van der Waals surface area contributed by atoms with E-state index in [0.29, 0.717) is 60.4 Å². The second kappa shape index (κ2) is 10.4. The molecule has 2 aliphatic rings. The summed E-state index contributed by atoms with van der Waals surface area (Å²) >= 11 is 7.72. The van der Waals surface area contributed by atoms with Gasteiger partial charge in [0.2, 0.25) is 6.79 Å². The van der Waals surface area contributed by atoms with Crippen molar-refractivity contribution in [3.05, 3.63) is 83.5 Å². The molecule has 0 radical (unpaired) electrons. The van der Waals surface area contributed by atoms with Crippen molar-refractivity contribution in [2.45, 2.75) is 32.7 Å². The lowest BCUT2D eigenvalue weighted by atomic mass is 9.93. The van der Waals surface area contributed by atoms with Crippen molar-refractivity contribution in [2.24, 2.45) is 4.99 Å². The molecule has 1 aromatic heterocycles. The van der Waals surface area contributed by atoms with Crippen LogP contribution >= 0.6 is 22.9 Å². The van der Waals surface area contributed by atoms with Crippen molar-refractivity contribution < 1.29 is 23.7 Å². The predicted molar refractivity (Wildman–Crippen MR) is 140 cm³/mol. The van der Waals surface area contributed by atoms with Gasteiger partial charge in [0.05, 0.1) is 34.5 Å². The van der Waals surface area contributed by atoms with Crippen molar-refractivity contribution in [1.29, 1.82) is 0 Å². The lowest BCUT2D eigenvalue weighted by Crippen LogP contribution is -2.40. The monoisotopic (exact) mass is 540 g/mol. The van der Waals surface area contributed by atoms with Crippen LogP contribution in [0.4, 0.5) is 0 Å². The number of allylic oxidation sites excluding steroid dienone is 1. The second-order valence-corrected chi connectivity index (χ2v) is 9.80. The first kappa shape index (κ1) is 25.1. The maximum absolute atomic E-state index is 13.9. The van der Waals surface area contributed by atoms with E-state index >= 15 is 0 Å². The van der Waals surface area contributed by atoms with E-state index in [0.717, 1.165) is 6.42 Å². The van der Waals surface area contributed by atoms with Crippen molar-refractivity contribution in [3.63, 3.8) is 0 Å². The molecule has 3 heterocycles. The van der Waals surface area contributed by atoms with Crippen molar-refractivity contribution >= 4 is 35.0 Å². The van der Waals surface area contributed by atoms with E-state index in [1.807, 2.05) is 25.1 Å². The van der Waals surface area contributed by atoms with Crippen molar-refractivity contribution in [1.82, 2.24) is 4.57 Å². The summed E-state index contributed by atoms with van der Waals surface area (Å²) in [6, 6.07) is 10.00. The fourth-order valence-corrected chi connectivity index (χ4v) is 5.71. The van der Waals surface area contributed by atoms with Crippen LogP contribution in [-0.4, -0.2) is 31.0 Å². The zero-order valence-electron chi connectivity index (χ0n) is 20.6. The van der Waals surface area contributed by atoms with E-state index in [9.17, 15) is 9.59 Å². The number of carbonyl (C=O) groups excluding carboxylic acids is 1. The average molecular weight is 541 g/mol. The number of aromatic nitrogens is 1. The molecule has 0 amide bonds. The highest BCUT2D eigenvalue weighted by molar-refractivity contribution is 7.07. The van der Waals surface area contributed by atoms with Gasteiger partial charge in [0.1, 0.15) is 11.8 Å². The van der Waals surface area contributed by atoms with Crippen LogP contribution in [0.5, 0.6) is 17.2 Å². The highest BCUT2D eigenvalue weighted by Gasteiger charge is 2.35. The largest absolute Gasteiger partial charge is 0.496 e. The molecular formula is C27H25ClN2O6S. The fourth-order valence-electron chi connectivity index (χ4n) is 4.49. The minimum atomic E-state index is -0.762. The number of thiazole rings is 1. The SMILES string of the molecule is CCCC1=C(C(=O)OCC)C(c2ccccc2OC)n2c(s/c(=C/c3cc4c(cc3Cl)OCO4)c2=O)=N1. The molecule has 5 rings (SSSR count). The summed E-state index contributed by atoms with van der Waals surface area (Å²) in [6.45, 7) is 4.08. The van der Waals surface area contributed by atoms with Gasteiger partial charge in [-0.25, -0.2) is 9.79 Å². The topological polar surface area (TPSA) is 88.4 Å². The number of hydrogen-bond acceptors (Lipinski definition) is 8. The molecule has 10 heteroatoms. The number of carbonyl (C=O) groups is 1. The van der Waals surface area contributed by atoms with Crippen LogP contribution in [0, 0.1) is 0 Å². The van der Waals surface area contributed by atoms with Crippen molar-refractivity contribution in [3.8, 4) is 17.2 Å². The minimum Gasteiger partial charge on any atom is -0.496 e. The van der Waals surface area contributed by atoms with E-state index in [4.69, 9.17) is 35.5 Å². The van der Waals surface area contributed by atoms with Gasteiger partial charge in [-0.2, -0.15) is 0 Å². The Hall–Kier alpha value is -3.56. The summed E-state index contributed by atoms with van der Waals surface area (Å²) in [5.74, 6) is 1.17. The number of halogens is 1. The highest BCUT2D eigenvalue weighted by atomic mass is 35.5. The quantitative estimate of drug-likeness (QED) is 0.421. The Balaban J connectivity index is 1.77. The van der Waals surface area contributed by atoms with Gasteiger partial charge in [-0.1, -0.05) is 54.5 Å². The number of ether oxygens (including phenoxy) is 4. The van der Waals surface area contributed by atoms with E-state index in [1.54, 1.807) is 42.9 Å². The maximum Gasteiger partial charge on any atom is 0.338 e. The minimum absolute atomic E-state index is 0.118. The third-order valence-electron chi connectivity index (χ3n) is 6.10. The Kier molecular flexibility index (Phi) is 7.08. The van der Waals surface area contributed by atoms with Crippen LogP contribution in [0.3, 0.4) is 0 Å². The lowest BCUT2D eigenvalue weighted by molar-refractivity contribution is -0.139. The predicted octanol–water partition coefficient (Wildman–Crippen LogP) is 3.97. The third kappa shape index (κ3) is 4.53. The molecule has 0 saturated carbocycles. The molecule has 2 aliphatic heterocycles. The van der Waals surface area contributed by atoms with E-state index in [2.05, 4.69) is 0 Å². The van der Waals surface area contributed by atoms with Crippen molar-refractivity contribution in [2.75, 3.05) is 20.5 Å². The fraction of sp³-hybridized carbons (Fsp3) is 0.296. The number of para-hydroxylation sites is 1. The normalized spacial score (nSPS) is 16.4. The number of rotatable bonds is 7. The summed E-state index contributed by atoms with van der Waals surface area (Å²) in [5, 5.41) is 0.426. The summed E-state index contributed by atoms with van der Waals surface area (Å²) in [7, 11) is 1.56. The Morgan fingerprint density at radius 3 is 2.73 bits per heavy atom. The van der Waals surface area contributed by atoms with Crippen LogP contribution in [-0.2, 0) is 9.53 Å². The van der Waals surface area contributed by atoms with Crippen LogP contribution in [0.25, 0.3) is 6.08 Å². The standard InChI is InChI=1S/C27H25ClN2O6S/c1-4-8-18-23(26(32)34-5-2)24(16-9-6-7-10-19(16)33-3)30-25(31)22(37-27(30)29-18)12-15-11-20-21(13-17(15)28)36-14-35-20/h6-7,9-13,24H,4-5,8,14H2,1-3H3/b22-12+. The Morgan fingerprint density at radius 1 is 1.24 bits per heavy atom. The molecule has 192 valence electrons. The number of esters is 1. The van der Waals surface area contributed by atoms with Crippen LogP contribution in [0.1, 0.15) is 43.9 Å². The molecule has 0 saturated heterocycles. The van der Waals surface area contributed by atoms with Gasteiger partial charge in [0.25, 0.3) is 5.56 Å². The number of fused-ring (bicyclic) bond motifs is 2. The molecular weight excluding hydrogens is 516 g/mol. The summed E-state index contributed by atoms with van der Waals surface area (Å²) in [6.07, 6.45) is 3.03. The van der Waals surface area contributed by atoms with E-state index in [1.165, 1.54) is 11.3 Å². The van der Waals surface area contributed by atoms with Crippen LogP contribution in [0.2, 0.25) is 5.02 Å². The first-order valence-corrected chi connectivity index (χ1v) is 13.1. The molecule has 37 heavy (non-hydrogen) atoms. The summed E-state index contributed by atoms with van der Waals surface area (Å²) < 4.78 is 23.9. The molecule has 2 aromatic carbocycles. The van der Waals surface area contributed by atoms with Gasteiger partial charge >= 0.3 is 5.97 Å². The Labute approximate surface area is 222 Å².